The lowest BCUT2D eigenvalue weighted by Crippen LogP contribution is -2.26. The molecule has 0 N–H and O–H groups in total. The van der Waals surface area contributed by atoms with Crippen molar-refractivity contribution < 1.29 is 9.47 Å². The van der Waals surface area contributed by atoms with Crippen LogP contribution in [0.15, 0.2) is 35.8 Å². The molecule has 4 nitrogen and oxygen atoms in total. The Hall–Kier alpha value is -1.43. The Morgan fingerprint density at radius 2 is 2.30 bits per heavy atom. The molecule has 0 aromatic carbocycles. The van der Waals surface area contributed by atoms with E-state index < -0.39 is 0 Å². The predicted octanol–water partition coefficient (Wildman–Crippen LogP) is 2.98. The van der Waals surface area contributed by atoms with E-state index in [0.717, 1.165) is 44.3 Å². The summed E-state index contributed by atoms with van der Waals surface area (Å²) in [4.78, 5) is 8.23. The van der Waals surface area contributed by atoms with E-state index in [9.17, 15) is 0 Å². The molecule has 2 aliphatic heterocycles. The van der Waals surface area contributed by atoms with Crippen molar-refractivity contribution in [3.8, 4) is 5.75 Å². The average molecular weight is 330 g/mol. The van der Waals surface area contributed by atoms with Crippen molar-refractivity contribution >= 4 is 11.3 Å². The number of likely N-dealkylation sites (tertiary alicyclic amines) is 1. The molecule has 3 atom stereocenters. The van der Waals surface area contributed by atoms with Crippen molar-refractivity contribution in [3.05, 3.63) is 46.4 Å². The molecule has 2 aliphatic rings. The van der Waals surface area contributed by atoms with Crippen LogP contribution in [0.4, 0.5) is 0 Å². The van der Waals surface area contributed by atoms with Gasteiger partial charge in [0.05, 0.1) is 25.5 Å². The van der Waals surface area contributed by atoms with Gasteiger partial charge in [0, 0.05) is 42.0 Å². The van der Waals surface area contributed by atoms with Gasteiger partial charge in [0.15, 0.2) is 0 Å². The van der Waals surface area contributed by atoms with Gasteiger partial charge in [-0.1, -0.05) is 6.07 Å². The molecule has 0 unspecified atom stereocenters. The first-order valence-corrected chi connectivity index (χ1v) is 9.08. The number of fused-ring (bicyclic) bond motifs is 1. The van der Waals surface area contributed by atoms with Crippen LogP contribution < -0.4 is 4.74 Å². The fraction of sp³-hybridized carbons (Fsp3) is 0.500. The van der Waals surface area contributed by atoms with Gasteiger partial charge in [-0.25, -0.2) is 0 Å². The number of ether oxygens (including phenoxy) is 2. The van der Waals surface area contributed by atoms with Gasteiger partial charge >= 0.3 is 0 Å². The van der Waals surface area contributed by atoms with Gasteiger partial charge in [-0.05, 0) is 30.5 Å². The summed E-state index contributed by atoms with van der Waals surface area (Å²) in [6, 6.07) is 8.32. The number of aryl methyl sites for hydroxylation is 1. The Morgan fingerprint density at radius 1 is 1.35 bits per heavy atom. The van der Waals surface area contributed by atoms with Crippen LogP contribution in [0.1, 0.15) is 10.6 Å². The number of hydrogen-bond donors (Lipinski definition) is 0. The van der Waals surface area contributed by atoms with Gasteiger partial charge in [0.25, 0.3) is 0 Å². The quantitative estimate of drug-likeness (QED) is 0.844. The van der Waals surface area contributed by atoms with E-state index in [2.05, 4.69) is 27.4 Å². The summed E-state index contributed by atoms with van der Waals surface area (Å²) >= 11 is 1.83. The van der Waals surface area contributed by atoms with E-state index in [1.807, 2.05) is 30.4 Å². The first kappa shape index (κ1) is 15.1. The summed E-state index contributed by atoms with van der Waals surface area (Å²) in [6.45, 7) is 6.73. The molecule has 23 heavy (non-hydrogen) atoms. The fourth-order valence-electron chi connectivity index (χ4n) is 3.55. The van der Waals surface area contributed by atoms with Crippen molar-refractivity contribution in [2.45, 2.75) is 19.6 Å². The molecular weight excluding hydrogens is 308 g/mol. The summed E-state index contributed by atoms with van der Waals surface area (Å²) in [7, 11) is 0. The van der Waals surface area contributed by atoms with E-state index >= 15 is 0 Å². The van der Waals surface area contributed by atoms with E-state index in [1.54, 1.807) is 6.20 Å². The van der Waals surface area contributed by atoms with Gasteiger partial charge in [-0.15, -0.1) is 11.3 Å². The third-order valence-corrected chi connectivity index (χ3v) is 5.68. The van der Waals surface area contributed by atoms with Crippen LogP contribution >= 0.6 is 11.3 Å². The van der Waals surface area contributed by atoms with E-state index in [4.69, 9.17) is 9.47 Å². The first-order chi connectivity index (χ1) is 11.3. The maximum atomic E-state index is 6.01. The fourth-order valence-corrected chi connectivity index (χ4v) is 4.29. The molecule has 0 saturated carbocycles. The Kier molecular flexibility index (Phi) is 4.33. The lowest BCUT2D eigenvalue weighted by molar-refractivity contribution is 0.0899. The van der Waals surface area contributed by atoms with Crippen LogP contribution in [0.2, 0.25) is 0 Å². The highest BCUT2D eigenvalue weighted by atomic mass is 32.1. The van der Waals surface area contributed by atoms with Gasteiger partial charge in [0.2, 0.25) is 0 Å². The Labute approximate surface area is 141 Å². The summed E-state index contributed by atoms with van der Waals surface area (Å²) in [5, 5.41) is 2.15. The molecule has 2 saturated heterocycles. The first-order valence-electron chi connectivity index (χ1n) is 8.20. The number of nitrogens with zero attached hydrogens (tertiary/aromatic N) is 2. The predicted molar refractivity (Wildman–Crippen MR) is 90.8 cm³/mol. The normalized spacial score (nSPS) is 27.3. The molecule has 5 heteroatoms. The largest absolute Gasteiger partial charge is 0.492 e. The second-order valence-electron chi connectivity index (χ2n) is 6.52. The van der Waals surface area contributed by atoms with Gasteiger partial charge in [0.1, 0.15) is 5.75 Å². The standard InChI is InChI=1S/C18H22N2O2S/c1-13-4-5-15(7-19-13)21-11-14-12-22-18-10-20(9-17(14)18)8-16-3-2-6-23-16/h2-7,14,17-18H,8-12H2,1H3/t14-,17+,18+/m0/s1. The molecule has 2 aromatic rings. The van der Waals surface area contributed by atoms with Crippen LogP contribution in [0.3, 0.4) is 0 Å². The second kappa shape index (κ2) is 6.59. The van der Waals surface area contributed by atoms with E-state index in [-0.39, 0.29) is 0 Å². The van der Waals surface area contributed by atoms with Crippen LogP contribution in [-0.2, 0) is 11.3 Å². The molecule has 0 bridgehead atoms. The molecule has 4 heterocycles. The number of rotatable bonds is 5. The van der Waals surface area contributed by atoms with Crippen molar-refractivity contribution in [1.82, 2.24) is 9.88 Å². The highest BCUT2D eigenvalue weighted by molar-refractivity contribution is 7.09. The van der Waals surface area contributed by atoms with Crippen molar-refractivity contribution in [2.24, 2.45) is 11.8 Å². The van der Waals surface area contributed by atoms with Crippen LogP contribution in [0.5, 0.6) is 5.75 Å². The number of hydrogen-bond acceptors (Lipinski definition) is 5. The highest BCUT2D eigenvalue weighted by Crippen LogP contribution is 2.35. The maximum absolute atomic E-state index is 6.01. The number of pyridine rings is 1. The van der Waals surface area contributed by atoms with Crippen molar-refractivity contribution in [2.75, 3.05) is 26.3 Å². The molecule has 122 valence electrons. The monoisotopic (exact) mass is 330 g/mol. The minimum Gasteiger partial charge on any atom is -0.492 e. The topological polar surface area (TPSA) is 34.6 Å². The minimum atomic E-state index is 0.375. The molecule has 0 radical (unpaired) electrons. The summed E-state index contributed by atoms with van der Waals surface area (Å²) < 4.78 is 11.9. The molecule has 0 aliphatic carbocycles. The minimum absolute atomic E-state index is 0.375. The van der Waals surface area contributed by atoms with E-state index in [0.29, 0.717) is 17.9 Å². The Morgan fingerprint density at radius 3 is 3.09 bits per heavy atom. The van der Waals surface area contributed by atoms with E-state index in [1.165, 1.54) is 4.88 Å². The number of thiophene rings is 1. The second-order valence-corrected chi connectivity index (χ2v) is 7.55. The maximum Gasteiger partial charge on any atom is 0.137 e. The summed E-state index contributed by atoms with van der Waals surface area (Å²) in [6.07, 6.45) is 2.18. The molecule has 2 aromatic heterocycles. The number of aromatic nitrogens is 1. The van der Waals surface area contributed by atoms with Crippen molar-refractivity contribution in [1.29, 1.82) is 0 Å². The summed E-state index contributed by atoms with van der Waals surface area (Å²) in [5.41, 5.74) is 1.02. The zero-order chi connectivity index (χ0) is 15.6. The molecule has 0 amide bonds. The molecule has 4 rings (SSSR count). The van der Waals surface area contributed by atoms with Crippen LogP contribution in [0, 0.1) is 18.8 Å². The Bertz CT molecular complexity index is 629. The van der Waals surface area contributed by atoms with Crippen LogP contribution in [0.25, 0.3) is 0 Å². The van der Waals surface area contributed by atoms with Gasteiger partial charge < -0.3 is 9.47 Å². The molecular formula is C18H22N2O2S. The Balaban J connectivity index is 1.32. The van der Waals surface area contributed by atoms with Gasteiger partial charge in [-0.3, -0.25) is 9.88 Å². The molecule has 2 fully saturated rings. The SMILES string of the molecule is Cc1ccc(OC[C@H]2CO[C@@H]3CN(Cc4cccs4)C[C@H]23)cn1. The zero-order valence-electron chi connectivity index (χ0n) is 13.4. The van der Waals surface area contributed by atoms with Crippen molar-refractivity contribution in [3.63, 3.8) is 0 Å². The summed E-state index contributed by atoms with van der Waals surface area (Å²) in [5.74, 6) is 1.93. The van der Waals surface area contributed by atoms with Crippen LogP contribution in [-0.4, -0.2) is 42.3 Å². The smallest absolute Gasteiger partial charge is 0.137 e. The lowest BCUT2D eigenvalue weighted by atomic mass is 9.94. The lowest BCUT2D eigenvalue weighted by Gasteiger charge is -2.19. The van der Waals surface area contributed by atoms with Gasteiger partial charge in [-0.2, -0.15) is 0 Å². The third kappa shape index (κ3) is 3.42. The average Bonchev–Trinajstić information content (AvgIpc) is 3.25. The zero-order valence-corrected chi connectivity index (χ0v) is 14.2. The third-order valence-electron chi connectivity index (χ3n) is 4.82. The molecule has 0 spiro atoms. The highest BCUT2D eigenvalue weighted by Gasteiger charge is 2.43.